The number of rotatable bonds is 9. The molecule has 0 atom stereocenters. The van der Waals surface area contributed by atoms with E-state index in [0.717, 1.165) is 45.1 Å². The molecule has 0 bridgehead atoms. The Balaban J connectivity index is 0.00000484. The first-order valence-corrected chi connectivity index (χ1v) is 7.96. The maximum absolute atomic E-state index is 5.33. The van der Waals surface area contributed by atoms with Crippen LogP contribution in [0.2, 0.25) is 0 Å². The Labute approximate surface area is 157 Å². The summed E-state index contributed by atoms with van der Waals surface area (Å²) in [6, 6.07) is 8.49. The minimum atomic E-state index is 0. The summed E-state index contributed by atoms with van der Waals surface area (Å²) in [5.74, 6) is 0.840. The molecule has 0 spiro atoms. The Morgan fingerprint density at radius 3 is 2.65 bits per heavy atom. The number of hydrogen-bond acceptors (Lipinski definition) is 3. The van der Waals surface area contributed by atoms with Crippen LogP contribution in [0.5, 0.6) is 0 Å². The van der Waals surface area contributed by atoms with Crippen LogP contribution in [0.4, 0.5) is 5.69 Å². The Hall–Kier alpha value is -1.02. The molecule has 0 saturated carbocycles. The van der Waals surface area contributed by atoms with Crippen LogP contribution in [-0.2, 0) is 11.3 Å². The van der Waals surface area contributed by atoms with Gasteiger partial charge in [0.05, 0.1) is 0 Å². The molecule has 0 fully saturated rings. The van der Waals surface area contributed by atoms with Crippen LogP contribution in [-0.4, -0.2) is 46.9 Å². The lowest BCUT2D eigenvalue weighted by Crippen LogP contribution is -2.37. The summed E-state index contributed by atoms with van der Waals surface area (Å²) in [6.07, 6.45) is 2.15. The standard InChI is InChI=1S/C17H30N4O.HI/c1-5-22-12-7-6-11-19-17(18-2)20-14-15-9-8-10-16(13-15)21(3)4;/h8-10,13H,5-7,11-12,14H2,1-4H3,(H2,18,19,20);1H. The minimum Gasteiger partial charge on any atom is -0.382 e. The predicted octanol–water partition coefficient (Wildman–Crippen LogP) is 2.85. The van der Waals surface area contributed by atoms with E-state index in [4.69, 9.17) is 4.74 Å². The average molecular weight is 434 g/mol. The SMILES string of the molecule is CCOCCCCNC(=NC)NCc1cccc(N(C)C)c1.I. The van der Waals surface area contributed by atoms with E-state index in [0.29, 0.717) is 0 Å². The summed E-state index contributed by atoms with van der Waals surface area (Å²) in [5.41, 5.74) is 2.45. The van der Waals surface area contributed by atoms with Gasteiger partial charge < -0.3 is 20.3 Å². The molecule has 0 aliphatic heterocycles. The van der Waals surface area contributed by atoms with E-state index in [1.54, 1.807) is 7.05 Å². The van der Waals surface area contributed by atoms with Gasteiger partial charge in [0.2, 0.25) is 0 Å². The van der Waals surface area contributed by atoms with Gasteiger partial charge in [-0.3, -0.25) is 4.99 Å². The first kappa shape index (κ1) is 22.0. The molecule has 1 rings (SSSR count). The summed E-state index contributed by atoms with van der Waals surface area (Å²) in [6.45, 7) is 5.32. The molecular formula is C17H31IN4O. The fraction of sp³-hybridized carbons (Fsp3) is 0.588. The van der Waals surface area contributed by atoms with E-state index in [9.17, 15) is 0 Å². The third-order valence-electron chi connectivity index (χ3n) is 3.32. The number of aliphatic imine (C=N–C) groups is 1. The van der Waals surface area contributed by atoms with Gasteiger partial charge in [-0.05, 0) is 37.5 Å². The zero-order valence-corrected chi connectivity index (χ0v) is 17.1. The molecule has 1 aromatic rings. The molecule has 0 radical (unpaired) electrons. The lowest BCUT2D eigenvalue weighted by molar-refractivity contribution is 0.143. The lowest BCUT2D eigenvalue weighted by Gasteiger charge is -2.15. The van der Waals surface area contributed by atoms with Gasteiger partial charge in [0, 0.05) is 53.1 Å². The molecule has 0 aliphatic rings. The maximum Gasteiger partial charge on any atom is 0.191 e. The van der Waals surface area contributed by atoms with Gasteiger partial charge in [0.25, 0.3) is 0 Å². The first-order chi connectivity index (χ1) is 10.7. The van der Waals surface area contributed by atoms with Crippen LogP contribution in [0.1, 0.15) is 25.3 Å². The van der Waals surface area contributed by atoms with E-state index in [2.05, 4.69) is 58.9 Å². The van der Waals surface area contributed by atoms with Crippen molar-refractivity contribution in [3.63, 3.8) is 0 Å². The van der Waals surface area contributed by atoms with Crippen molar-refractivity contribution in [3.05, 3.63) is 29.8 Å². The average Bonchev–Trinajstić information content (AvgIpc) is 2.53. The summed E-state index contributed by atoms with van der Waals surface area (Å²) in [7, 11) is 5.90. The second kappa shape index (κ2) is 13.4. The second-order valence-corrected chi connectivity index (χ2v) is 5.32. The summed E-state index contributed by atoms with van der Waals surface area (Å²) < 4.78 is 5.33. The number of nitrogens with zero attached hydrogens (tertiary/aromatic N) is 2. The topological polar surface area (TPSA) is 48.9 Å². The monoisotopic (exact) mass is 434 g/mol. The molecule has 0 saturated heterocycles. The fourth-order valence-corrected chi connectivity index (χ4v) is 2.03. The number of halogens is 1. The van der Waals surface area contributed by atoms with Crippen LogP contribution in [0.15, 0.2) is 29.3 Å². The van der Waals surface area contributed by atoms with Gasteiger partial charge in [-0.2, -0.15) is 0 Å². The largest absolute Gasteiger partial charge is 0.382 e. The molecule has 5 nitrogen and oxygen atoms in total. The smallest absolute Gasteiger partial charge is 0.191 e. The molecule has 0 aliphatic carbocycles. The van der Waals surface area contributed by atoms with E-state index in [-0.39, 0.29) is 24.0 Å². The zero-order chi connectivity index (χ0) is 16.2. The van der Waals surface area contributed by atoms with Crippen LogP contribution in [0.25, 0.3) is 0 Å². The van der Waals surface area contributed by atoms with E-state index >= 15 is 0 Å². The molecule has 23 heavy (non-hydrogen) atoms. The summed E-state index contributed by atoms with van der Waals surface area (Å²) >= 11 is 0. The van der Waals surface area contributed by atoms with Crippen LogP contribution in [0.3, 0.4) is 0 Å². The van der Waals surface area contributed by atoms with Crippen molar-refractivity contribution >= 4 is 35.6 Å². The van der Waals surface area contributed by atoms with E-state index in [1.807, 2.05) is 6.92 Å². The number of benzene rings is 1. The molecule has 0 amide bonds. The van der Waals surface area contributed by atoms with Crippen LogP contribution in [0, 0.1) is 0 Å². The predicted molar refractivity (Wildman–Crippen MR) is 110 cm³/mol. The highest BCUT2D eigenvalue weighted by atomic mass is 127. The number of guanidine groups is 1. The van der Waals surface area contributed by atoms with Gasteiger partial charge in [0.1, 0.15) is 0 Å². The van der Waals surface area contributed by atoms with Crippen molar-refractivity contribution in [2.45, 2.75) is 26.3 Å². The number of nitrogens with one attached hydrogen (secondary N) is 2. The highest BCUT2D eigenvalue weighted by molar-refractivity contribution is 14.0. The molecule has 0 aromatic heterocycles. The third kappa shape index (κ3) is 9.65. The number of unbranched alkanes of at least 4 members (excludes halogenated alkanes) is 1. The van der Waals surface area contributed by atoms with E-state index < -0.39 is 0 Å². The fourth-order valence-electron chi connectivity index (χ4n) is 2.03. The maximum atomic E-state index is 5.33. The van der Waals surface area contributed by atoms with Crippen molar-refractivity contribution in [1.82, 2.24) is 10.6 Å². The zero-order valence-electron chi connectivity index (χ0n) is 14.8. The molecule has 0 heterocycles. The highest BCUT2D eigenvalue weighted by Crippen LogP contribution is 2.12. The van der Waals surface area contributed by atoms with Crippen molar-refractivity contribution in [2.24, 2.45) is 4.99 Å². The molecule has 1 aromatic carbocycles. The van der Waals surface area contributed by atoms with Crippen molar-refractivity contribution in [1.29, 1.82) is 0 Å². The molecular weight excluding hydrogens is 403 g/mol. The second-order valence-electron chi connectivity index (χ2n) is 5.32. The minimum absolute atomic E-state index is 0. The molecule has 132 valence electrons. The molecule has 6 heteroatoms. The van der Waals surface area contributed by atoms with Gasteiger partial charge in [-0.15, -0.1) is 24.0 Å². The Morgan fingerprint density at radius 1 is 1.22 bits per heavy atom. The van der Waals surface area contributed by atoms with Crippen LogP contribution >= 0.6 is 24.0 Å². The number of hydrogen-bond donors (Lipinski definition) is 2. The van der Waals surface area contributed by atoms with Crippen molar-refractivity contribution < 1.29 is 4.74 Å². The number of ether oxygens (including phenoxy) is 1. The Bertz CT molecular complexity index is 452. The van der Waals surface area contributed by atoms with E-state index in [1.165, 1.54) is 11.3 Å². The van der Waals surface area contributed by atoms with Gasteiger partial charge in [-0.25, -0.2) is 0 Å². The quantitative estimate of drug-likeness (QED) is 0.272. The number of anilines is 1. The van der Waals surface area contributed by atoms with Crippen molar-refractivity contribution in [3.8, 4) is 0 Å². The Morgan fingerprint density at radius 2 is 2.00 bits per heavy atom. The highest BCUT2D eigenvalue weighted by Gasteiger charge is 2.00. The first-order valence-electron chi connectivity index (χ1n) is 7.96. The molecule has 2 N–H and O–H groups in total. The normalized spacial score (nSPS) is 10.9. The van der Waals surface area contributed by atoms with Gasteiger partial charge >= 0.3 is 0 Å². The molecule has 0 unspecified atom stereocenters. The van der Waals surface area contributed by atoms with Crippen molar-refractivity contribution in [2.75, 3.05) is 45.8 Å². The van der Waals surface area contributed by atoms with Gasteiger partial charge in [0.15, 0.2) is 5.96 Å². The van der Waals surface area contributed by atoms with Gasteiger partial charge in [-0.1, -0.05) is 12.1 Å². The summed E-state index contributed by atoms with van der Waals surface area (Å²) in [4.78, 5) is 6.35. The Kier molecular flexibility index (Phi) is 12.8. The summed E-state index contributed by atoms with van der Waals surface area (Å²) in [5, 5.41) is 6.67. The lowest BCUT2D eigenvalue weighted by atomic mass is 10.2. The van der Waals surface area contributed by atoms with Crippen LogP contribution < -0.4 is 15.5 Å². The third-order valence-corrected chi connectivity index (χ3v) is 3.32.